The molecule has 1 aromatic heterocycles. The number of halogens is 1. The van der Waals surface area contributed by atoms with Crippen LogP contribution in [0.2, 0.25) is 0 Å². The quantitative estimate of drug-likeness (QED) is 0.324. The van der Waals surface area contributed by atoms with E-state index >= 15 is 0 Å². The summed E-state index contributed by atoms with van der Waals surface area (Å²) in [6.07, 6.45) is 6.67. The third-order valence-electron chi connectivity index (χ3n) is 5.20. The molecule has 2 aromatic rings. The number of para-hydroxylation sites is 1. The maximum Gasteiger partial charge on any atom is 0.191 e. The summed E-state index contributed by atoms with van der Waals surface area (Å²) in [5.41, 5.74) is 2.44. The summed E-state index contributed by atoms with van der Waals surface area (Å²) in [5.74, 6) is 1.80. The van der Waals surface area contributed by atoms with Gasteiger partial charge in [0.05, 0.1) is 19.7 Å². The van der Waals surface area contributed by atoms with Crippen LogP contribution in [-0.2, 0) is 13.6 Å². The smallest absolute Gasteiger partial charge is 0.191 e. The Bertz CT molecular complexity index is 770. The third-order valence-corrected chi connectivity index (χ3v) is 5.20. The molecule has 0 radical (unpaired) electrons. The van der Waals surface area contributed by atoms with Gasteiger partial charge in [0.15, 0.2) is 5.96 Å². The number of likely N-dealkylation sites (tertiary alicyclic amines) is 1. The molecule has 0 aliphatic carbocycles. The lowest BCUT2D eigenvalue weighted by Gasteiger charge is -2.30. The van der Waals surface area contributed by atoms with Crippen LogP contribution in [0.15, 0.2) is 47.7 Å². The molecule has 1 aliphatic rings. The zero-order valence-corrected chi connectivity index (χ0v) is 20.1. The SMILES string of the molecule is CCNC(=NCc1ccn(C)c1)NCC(c1ccccc1OC)N1CCCC1.I. The van der Waals surface area contributed by atoms with E-state index < -0.39 is 0 Å². The van der Waals surface area contributed by atoms with Crippen LogP contribution < -0.4 is 15.4 Å². The van der Waals surface area contributed by atoms with Gasteiger partial charge in [0.2, 0.25) is 0 Å². The van der Waals surface area contributed by atoms with Crippen LogP contribution in [0.1, 0.15) is 36.9 Å². The number of nitrogens with zero attached hydrogens (tertiary/aromatic N) is 3. The molecule has 6 nitrogen and oxygen atoms in total. The predicted octanol–water partition coefficient (Wildman–Crippen LogP) is 3.54. The maximum atomic E-state index is 5.65. The van der Waals surface area contributed by atoms with Crippen molar-refractivity contribution in [2.45, 2.75) is 32.4 Å². The van der Waals surface area contributed by atoms with Crippen molar-refractivity contribution < 1.29 is 4.74 Å². The van der Waals surface area contributed by atoms with Gasteiger partial charge in [-0.1, -0.05) is 18.2 Å². The van der Waals surface area contributed by atoms with Gasteiger partial charge in [0.25, 0.3) is 0 Å². The first-order valence-electron chi connectivity index (χ1n) is 10.2. The van der Waals surface area contributed by atoms with E-state index in [-0.39, 0.29) is 30.0 Å². The van der Waals surface area contributed by atoms with Crippen LogP contribution in [0.3, 0.4) is 0 Å². The van der Waals surface area contributed by atoms with Crippen LogP contribution in [0.4, 0.5) is 0 Å². The van der Waals surface area contributed by atoms with Gasteiger partial charge in [-0.2, -0.15) is 0 Å². The number of aliphatic imine (C=N–C) groups is 1. The van der Waals surface area contributed by atoms with Crippen molar-refractivity contribution in [3.63, 3.8) is 0 Å². The van der Waals surface area contributed by atoms with Crippen molar-refractivity contribution in [2.75, 3.05) is 33.3 Å². The molecule has 1 aliphatic heterocycles. The number of guanidine groups is 1. The normalized spacial score (nSPS) is 15.6. The van der Waals surface area contributed by atoms with E-state index in [2.05, 4.69) is 57.6 Å². The van der Waals surface area contributed by atoms with Gasteiger partial charge < -0.3 is 19.9 Å². The summed E-state index contributed by atoms with van der Waals surface area (Å²) in [4.78, 5) is 7.31. The molecule has 1 fully saturated rings. The minimum Gasteiger partial charge on any atom is -0.496 e. The van der Waals surface area contributed by atoms with Crippen LogP contribution in [-0.4, -0.2) is 48.7 Å². The lowest BCUT2D eigenvalue weighted by molar-refractivity contribution is 0.239. The number of benzene rings is 1. The van der Waals surface area contributed by atoms with Crippen molar-refractivity contribution in [1.82, 2.24) is 20.1 Å². The second-order valence-corrected chi connectivity index (χ2v) is 7.26. The number of methoxy groups -OCH3 is 1. The van der Waals surface area contributed by atoms with Crippen LogP contribution in [0.5, 0.6) is 5.75 Å². The minimum atomic E-state index is 0. The molecule has 2 N–H and O–H groups in total. The number of ether oxygens (including phenoxy) is 1. The summed E-state index contributed by atoms with van der Waals surface area (Å²) in [5, 5.41) is 6.93. The molecule has 1 aromatic carbocycles. The van der Waals surface area contributed by atoms with Gasteiger partial charge in [-0.25, -0.2) is 4.99 Å². The Kier molecular flexibility index (Phi) is 9.80. The highest BCUT2D eigenvalue weighted by Crippen LogP contribution is 2.31. The van der Waals surface area contributed by atoms with Crippen LogP contribution >= 0.6 is 24.0 Å². The first kappa shape index (κ1) is 23.5. The molecule has 1 unspecified atom stereocenters. The Balaban J connectivity index is 0.00000300. The summed E-state index contributed by atoms with van der Waals surface area (Å²) in [7, 11) is 3.78. The Labute approximate surface area is 191 Å². The van der Waals surface area contributed by atoms with Crippen LogP contribution in [0, 0.1) is 0 Å². The highest BCUT2D eigenvalue weighted by Gasteiger charge is 2.26. The molecule has 7 heteroatoms. The Morgan fingerprint density at radius 1 is 1.17 bits per heavy atom. The largest absolute Gasteiger partial charge is 0.496 e. The fourth-order valence-corrected chi connectivity index (χ4v) is 3.79. The zero-order valence-electron chi connectivity index (χ0n) is 17.7. The molecule has 160 valence electrons. The predicted molar refractivity (Wildman–Crippen MR) is 130 cm³/mol. The molecule has 29 heavy (non-hydrogen) atoms. The average Bonchev–Trinajstić information content (AvgIpc) is 3.38. The summed E-state index contributed by atoms with van der Waals surface area (Å²) in [6.45, 7) is 6.64. The lowest BCUT2D eigenvalue weighted by atomic mass is 10.0. The standard InChI is InChI=1S/C22H33N5O.HI/c1-4-23-22(24-15-18-11-14-26(2)17-18)25-16-20(27-12-7-8-13-27)19-9-5-6-10-21(19)28-3;/h5-6,9-11,14,17,20H,4,7-8,12-13,15-16H2,1-3H3,(H2,23,24,25);1H. The van der Waals surface area contributed by atoms with E-state index in [1.54, 1.807) is 7.11 Å². The van der Waals surface area contributed by atoms with Gasteiger partial charge in [-0.05, 0) is 50.6 Å². The van der Waals surface area contributed by atoms with Gasteiger partial charge in [-0.15, -0.1) is 24.0 Å². The van der Waals surface area contributed by atoms with E-state index in [9.17, 15) is 0 Å². The monoisotopic (exact) mass is 511 g/mol. The van der Waals surface area contributed by atoms with E-state index in [1.165, 1.54) is 24.0 Å². The number of aryl methyl sites for hydroxylation is 1. The Morgan fingerprint density at radius 3 is 2.59 bits per heavy atom. The van der Waals surface area contributed by atoms with Crippen molar-refractivity contribution >= 4 is 29.9 Å². The summed E-state index contributed by atoms with van der Waals surface area (Å²) < 4.78 is 7.70. The maximum absolute atomic E-state index is 5.65. The van der Waals surface area contributed by atoms with Crippen molar-refractivity contribution in [2.24, 2.45) is 12.0 Å². The van der Waals surface area contributed by atoms with Crippen molar-refractivity contribution in [3.05, 3.63) is 53.9 Å². The molecule has 0 bridgehead atoms. The fraction of sp³-hybridized carbons (Fsp3) is 0.500. The average molecular weight is 511 g/mol. The minimum absolute atomic E-state index is 0. The van der Waals surface area contributed by atoms with Gasteiger partial charge in [0.1, 0.15) is 5.75 Å². The zero-order chi connectivity index (χ0) is 19.8. The molecular formula is C22H34IN5O. The Hall–Kier alpha value is -1.74. The van der Waals surface area contributed by atoms with Crippen molar-refractivity contribution in [3.8, 4) is 5.75 Å². The van der Waals surface area contributed by atoms with E-state index in [1.807, 2.05) is 19.2 Å². The van der Waals surface area contributed by atoms with Crippen LogP contribution in [0.25, 0.3) is 0 Å². The van der Waals surface area contributed by atoms with Gasteiger partial charge >= 0.3 is 0 Å². The number of hydrogen-bond acceptors (Lipinski definition) is 3. The van der Waals surface area contributed by atoms with Crippen molar-refractivity contribution in [1.29, 1.82) is 0 Å². The molecule has 1 saturated heterocycles. The van der Waals surface area contributed by atoms with E-state index in [0.717, 1.165) is 37.9 Å². The second kappa shape index (κ2) is 12.1. The van der Waals surface area contributed by atoms with E-state index in [4.69, 9.17) is 9.73 Å². The molecule has 2 heterocycles. The number of aromatic nitrogens is 1. The first-order chi connectivity index (χ1) is 13.7. The highest BCUT2D eigenvalue weighted by molar-refractivity contribution is 14.0. The summed E-state index contributed by atoms with van der Waals surface area (Å²) in [6, 6.07) is 10.7. The molecular weight excluding hydrogens is 477 g/mol. The number of rotatable bonds is 8. The summed E-state index contributed by atoms with van der Waals surface area (Å²) >= 11 is 0. The third kappa shape index (κ3) is 6.64. The molecule has 0 spiro atoms. The fourth-order valence-electron chi connectivity index (χ4n) is 3.79. The lowest BCUT2D eigenvalue weighted by Crippen LogP contribution is -2.42. The molecule has 0 amide bonds. The topological polar surface area (TPSA) is 53.8 Å². The molecule has 0 saturated carbocycles. The second-order valence-electron chi connectivity index (χ2n) is 7.26. The first-order valence-corrected chi connectivity index (χ1v) is 10.2. The van der Waals surface area contributed by atoms with Gasteiger partial charge in [0, 0.05) is 38.1 Å². The van der Waals surface area contributed by atoms with Gasteiger partial charge in [-0.3, -0.25) is 4.90 Å². The number of nitrogens with one attached hydrogen (secondary N) is 2. The number of hydrogen-bond donors (Lipinski definition) is 2. The van der Waals surface area contributed by atoms with E-state index in [0.29, 0.717) is 6.54 Å². The highest BCUT2D eigenvalue weighted by atomic mass is 127. The molecule has 3 rings (SSSR count). The molecule has 1 atom stereocenters. The Morgan fingerprint density at radius 2 is 1.93 bits per heavy atom.